The van der Waals surface area contributed by atoms with Gasteiger partial charge in [0.25, 0.3) is 11.8 Å². The smallest absolute Gasteiger partial charge is 0.252 e. The zero-order valence-corrected chi connectivity index (χ0v) is 20.1. The number of likely N-dealkylation sites (tertiary alicyclic amines) is 1. The minimum atomic E-state index is -1.01. The third kappa shape index (κ3) is 4.50. The Balaban J connectivity index is 1.68. The molecule has 1 aliphatic rings. The number of aliphatic hydroxyl groups excluding tert-OH is 1. The Labute approximate surface area is 198 Å². The van der Waals surface area contributed by atoms with Crippen LogP contribution in [-0.2, 0) is 4.79 Å². The quantitative estimate of drug-likeness (QED) is 0.489. The van der Waals surface area contributed by atoms with Crippen molar-refractivity contribution in [1.82, 2.24) is 24.3 Å². The van der Waals surface area contributed by atoms with Gasteiger partial charge in [0.2, 0.25) is 0 Å². The molecule has 1 saturated heterocycles. The monoisotopic (exact) mass is 467 g/mol. The number of fused-ring (bicyclic) bond motifs is 1. The number of hydrogen-bond donors (Lipinski definition) is 3. The molecule has 3 aromatic heterocycles. The highest BCUT2D eigenvalue weighted by atomic mass is 16.3. The number of nitrogens with one attached hydrogen (secondary N) is 1. The Morgan fingerprint density at radius 3 is 2.59 bits per heavy atom. The van der Waals surface area contributed by atoms with Gasteiger partial charge in [-0.15, -0.1) is 0 Å². The fraction of sp³-hybridized carbons (Fsp3) is 0.500. The summed E-state index contributed by atoms with van der Waals surface area (Å²) < 4.78 is 3.64. The van der Waals surface area contributed by atoms with Crippen molar-refractivity contribution in [3.05, 3.63) is 36.4 Å². The third-order valence-corrected chi connectivity index (χ3v) is 6.62. The lowest BCUT2D eigenvalue weighted by molar-refractivity contribution is -0.141. The van der Waals surface area contributed by atoms with E-state index in [0.717, 1.165) is 23.1 Å². The van der Waals surface area contributed by atoms with Crippen molar-refractivity contribution in [2.75, 3.05) is 18.4 Å². The van der Waals surface area contributed by atoms with E-state index >= 15 is 0 Å². The molecule has 0 spiro atoms. The molecule has 0 bridgehead atoms. The molecule has 3 atom stereocenters. The summed E-state index contributed by atoms with van der Waals surface area (Å²) in [6.07, 6.45) is 7.73. The van der Waals surface area contributed by atoms with Crippen molar-refractivity contribution in [1.29, 1.82) is 0 Å². The molecule has 182 valence electrons. The van der Waals surface area contributed by atoms with Crippen molar-refractivity contribution >= 4 is 23.0 Å². The molecule has 2 amide bonds. The summed E-state index contributed by atoms with van der Waals surface area (Å²) in [7, 11) is 0. The molecule has 4 heterocycles. The van der Waals surface area contributed by atoms with Crippen molar-refractivity contribution in [3.63, 3.8) is 0 Å². The lowest BCUT2D eigenvalue weighted by Gasteiger charge is -2.39. The molecule has 4 rings (SSSR count). The van der Waals surface area contributed by atoms with Crippen molar-refractivity contribution in [2.45, 2.75) is 58.7 Å². The number of aliphatic hydroxyl groups is 1. The topological polar surface area (TPSA) is 131 Å². The van der Waals surface area contributed by atoms with Crippen LogP contribution in [0.15, 0.2) is 30.9 Å². The minimum absolute atomic E-state index is 0.0365. The van der Waals surface area contributed by atoms with Gasteiger partial charge in [-0.25, -0.2) is 4.52 Å². The summed E-state index contributed by atoms with van der Waals surface area (Å²) in [6, 6.07) is 2.27. The normalized spacial score (nSPS) is 19.5. The summed E-state index contributed by atoms with van der Waals surface area (Å²) in [5.74, 6) is -0.647. The summed E-state index contributed by atoms with van der Waals surface area (Å²) in [4.78, 5) is 26.3. The van der Waals surface area contributed by atoms with Crippen LogP contribution < -0.4 is 11.1 Å². The van der Waals surface area contributed by atoms with E-state index in [-0.39, 0.29) is 23.9 Å². The highest BCUT2D eigenvalue weighted by Gasteiger charge is 2.32. The molecule has 3 aromatic rings. The molecular formula is C24H33N7O3. The number of carbonyl (C=O) groups is 2. The Hall–Kier alpha value is -3.40. The van der Waals surface area contributed by atoms with Crippen LogP contribution in [0.1, 0.15) is 56.9 Å². The van der Waals surface area contributed by atoms with Gasteiger partial charge >= 0.3 is 0 Å². The first-order chi connectivity index (χ1) is 16.2. The van der Waals surface area contributed by atoms with Crippen LogP contribution in [-0.4, -0.2) is 66.5 Å². The lowest BCUT2D eigenvalue weighted by Crippen LogP contribution is -2.50. The average Bonchev–Trinajstić information content (AvgIpc) is 3.46. The number of anilines is 1. The number of piperidine rings is 1. The number of primary amides is 1. The zero-order chi connectivity index (χ0) is 24.6. The molecule has 0 saturated carbocycles. The third-order valence-electron chi connectivity index (χ3n) is 6.62. The highest BCUT2D eigenvalue weighted by molar-refractivity contribution is 6.02. The number of nitrogens with zero attached hydrogens (tertiary/aromatic N) is 5. The van der Waals surface area contributed by atoms with Gasteiger partial charge in [-0.3, -0.25) is 14.3 Å². The molecule has 0 aromatic carbocycles. The Morgan fingerprint density at radius 2 is 1.97 bits per heavy atom. The first kappa shape index (κ1) is 23.7. The molecule has 34 heavy (non-hydrogen) atoms. The van der Waals surface area contributed by atoms with Crippen LogP contribution in [0.4, 0.5) is 5.69 Å². The summed E-state index contributed by atoms with van der Waals surface area (Å²) in [5.41, 5.74) is 9.32. The van der Waals surface area contributed by atoms with Crippen molar-refractivity contribution in [2.24, 2.45) is 11.7 Å². The molecule has 0 unspecified atom stereocenters. The number of rotatable bonds is 7. The van der Waals surface area contributed by atoms with Crippen LogP contribution in [0.3, 0.4) is 0 Å². The van der Waals surface area contributed by atoms with E-state index in [1.807, 2.05) is 29.3 Å². The van der Waals surface area contributed by atoms with E-state index in [1.165, 1.54) is 13.1 Å². The average molecular weight is 468 g/mol. The van der Waals surface area contributed by atoms with E-state index in [1.54, 1.807) is 9.42 Å². The second-order valence-electron chi connectivity index (χ2n) is 9.33. The molecule has 1 aliphatic heterocycles. The molecule has 0 aliphatic carbocycles. The maximum atomic E-state index is 12.3. The van der Waals surface area contributed by atoms with E-state index in [4.69, 9.17) is 5.73 Å². The first-order valence-corrected chi connectivity index (χ1v) is 11.8. The van der Waals surface area contributed by atoms with E-state index < -0.39 is 12.0 Å². The number of carbonyl (C=O) groups excluding carboxylic acids is 2. The van der Waals surface area contributed by atoms with Gasteiger partial charge in [-0.05, 0) is 45.6 Å². The van der Waals surface area contributed by atoms with Gasteiger partial charge in [-0.1, -0.05) is 6.92 Å². The SMILES string of the molecule is CC[C@H]1CN(C(=O)[C@H](C)O)CC[C@H]1Nc1c(C(N)=O)cnn2cc(-c3cnn(C(C)C)c3)cc12. The molecule has 0 radical (unpaired) electrons. The summed E-state index contributed by atoms with van der Waals surface area (Å²) in [5, 5.41) is 22.1. The fourth-order valence-corrected chi connectivity index (χ4v) is 4.61. The number of aromatic nitrogens is 4. The Bertz CT molecular complexity index is 1200. The molecule has 1 fully saturated rings. The van der Waals surface area contributed by atoms with Gasteiger partial charge in [0.05, 0.1) is 29.2 Å². The summed E-state index contributed by atoms with van der Waals surface area (Å²) in [6.45, 7) is 8.79. The largest absolute Gasteiger partial charge is 0.384 e. The zero-order valence-electron chi connectivity index (χ0n) is 20.1. The Morgan fingerprint density at radius 1 is 1.21 bits per heavy atom. The summed E-state index contributed by atoms with van der Waals surface area (Å²) >= 11 is 0. The van der Waals surface area contributed by atoms with Gasteiger partial charge in [0.15, 0.2) is 0 Å². The number of amides is 2. The number of nitrogens with two attached hydrogens (primary N) is 1. The lowest BCUT2D eigenvalue weighted by atomic mass is 9.89. The second-order valence-corrected chi connectivity index (χ2v) is 9.33. The van der Waals surface area contributed by atoms with Crippen LogP contribution in [0.25, 0.3) is 16.6 Å². The van der Waals surface area contributed by atoms with E-state index in [0.29, 0.717) is 30.8 Å². The van der Waals surface area contributed by atoms with Gasteiger partial charge < -0.3 is 21.1 Å². The van der Waals surface area contributed by atoms with Crippen LogP contribution in [0.2, 0.25) is 0 Å². The molecule has 10 nitrogen and oxygen atoms in total. The van der Waals surface area contributed by atoms with Crippen LogP contribution in [0.5, 0.6) is 0 Å². The second kappa shape index (κ2) is 9.46. The van der Waals surface area contributed by atoms with E-state index in [9.17, 15) is 14.7 Å². The predicted octanol–water partition coefficient (Wildman–Crippen LogP) is 2.30. The van der Waals surface area contributed by atoms with Crippen molar-refractivity contribution < 1.29 is 14.7 Å². The predicted molar refractivity (Wildman–Crippen MR) is 129 cm³/mol. The van der Waals surface area contributed by atoms with Gasteiger partial charge in [-0.2, -0.15) is 10.2 Å². The van der Waals surface area contributed by atoms with E-state index in [2.05, 4.69) is 36.3 Å². The standard InChI is InChI=1S/C24H33N7O3/c1-5-16-11-29(24(34)15(4)32)7-6-20(16)28-22-19(23(25)33)10-27-31-12-17(8-21(22)31)18-9-26-30(13-18)14(2)3/h8-10,12-16,20,28,32H,5-7,11H2,1-4H3,(H2,25,33)/t15-,16-,20+/m0/s1. The molecule has 4 N–H and O–H groups in total. The van der Waals surface area contributed by atoms with Crippen LogP contribution in [0, 0.1) is 5.92 Å². The van der Waals surface area contributed by atoms with Crippen molar-refractivity contribution in [3.8, 4) is 11.1 Å². The molecular weight excluding hydrogens is 434 g/mol. The van der Waals surface area contributed by atoms with Gasteiger partial charge in [0.1, 0.15) is 6.10 Å². The first-order valence-electron chi connectivity index (χ1n) is 11.8. The van der Waals surface area contributed by atoms with Gasteiger partial charge in [0, 0.05) is 48.7 Å². The fourth-order valence-electron chi connectivity index (χ4n) is 4.61. The maximum Gasteiger partial charge on any atom is 0.252 e. The maximum absolute atomic E-state index is 12.3. The molecule has 10 heteroatoms. The Kier molecular flexibility index (Phi) is 6.60. The van der Waals surface area contributed by atoms with Crippen LogP contribution >= 0.6 is 0 Å². The number of hydrogen-bond acceptors (Lipinski definition) is 6. The highest BCUT2D eigenvalue weighted by Crippen LogP contribution is 2.32. The minimum Gasteiger partial charge on any atom is -0.384 e.